The van der Waals surface area contributed by atoms with Crippen LogP contribution in [0, 0.1) is 0 Å². The predicted molar refractivity (Wildman–Crippen MR) is 75.2 cm³/mol. The van der Waals surface area contributed by atoms with Crippen molar-refractivity contribution in [2.24, 2.45) is 0 Å². The van der Waals surface area contributed by atoms with Crippen LogP contribution in [0.1, 0.15) is 25.5 Å². The monoisotopic (exact) mass is 332 g/mol. The molecule has 2 aliphatic rings. The van der Waals surface area contributed by atoms with Crippen LogP contribution in [0.5, 0.6) is 0 Å². The summed E-state index contributed by atoms with van der Waals surface area (Å²) in [6.07, 6.45) is 2.14. The number of aliphatic hydroxyl groups is 1. The van der Waals surface area contributed by atoms with Gasteiger partial charge in [0.1, 0.15) is 5.69 Å². The summed E-state index contributed by atoms with van der Waals surface area (Å²) in [6, 6.07) is 0. The molecule has 22 heavy (non-hydrogen) atoms. The highest BCUT2D eigenvalue weighted by molar-refractivity contribution is 7.89. The minimum atomic E-state index is -3.22. The molecule has 1 aromatic heterocycles. The first-order valence-corrected chi connectivity index (χ1v) is 8.95. The van der Waals surface area contributed by atoms with Crippen molar-refractivity contribution >= 4 is 10.0 Å². The summed E-state index contributed by atoms with van der Waals surface area (Å²) in [5.74, 6) is 0.0346. The topological polar surface area (TPSA) is 116 Å². The van der Waals surface area contributed by atoms with Crippen molar-refractivity contribution in [3.63, 3.8) is 0 Å². The second-order valence-corrected chi connectivity index (χ2v) is 7.65. The van der Waals surface area contributed by atoms with E-state index in [4.69, 9.17) is 9.47 Å². The third-order valence-corrected chi connectivity index (χ3v) is 5.42. The van der Waals surface area contributed by atoms with E-state index < -0.39 is 21.9 Å². The lowest BCUT2D eigenvalue weighted by Crippen LogP contribution is -2.44. The Morgan fingerprint density at radius 3 is 3.18 bits per heavy atom. The van der Waals surface area contributed by atoms with Crippen molar-refractivity contribution in [3.8, 4) is 0 Å². The van der Waals surface area contributed by atoms with Crippen LogP contribution in [0.15, 0.2) is 6.20 Å². The average molecular weight is 332 g/mol. The van der Waals surface area contributed by atoms with Crippen LogP contribution in [0.2, 0.25) is 0 Å². The number of aromatic nitrogens is 3. The Bertz CT molecular complexity index is 633. The van der Waals surface area contributed by atoms with Gasteiger partial charge in [0.05, 0.1) is 31.2 Å². The second kappa shape index (κ2) is 5.85. The third-order valence-electron chi connectivity index (χ3n) is 4.01. The Hall–Kier alpha value is -1.07. The third kappa shape index (κ3) is 3.01. The highest BCUT2D eigenvalue weighted by Gasteiger charge is 2.51. The van der Waals surface area contributed by atoms with Gasteiger partial charge >= 0.3 is 0 Å². The molecule has 3 rings (SSSR count). The molecule has 10 heteroatoms. The fourth-order valence-corrected chi connectivity index (χ4v) is 3.23. The first-order valence-electron chi connectivity index (χ1n) is 7.30. The Balaban J connectivity index is 1.64. The molecule has 0 saturated carbocycles. The molecule has 1 unspecified atom stereocenters. The van der Waals surface area contributed by atoms with E-state index in [1.165, 1.54) is 4.68 Å². The van der Waals surface area contributed by atoms with Crippen LogP contribution in [0.25, 0.3) is 0 Å². The van der Waals surface area contributed by atoms with Crippen LogP contribution < -0.4 is 4.72 Å². The number of ether oxygens (including phenoxy) is 2. The van der Waals surface area contributed by atoms with Crippen LogP contribution >= 0.6 is 0 Å². The largest absolute Gasteiger partial charge is 0.378 e. The first-order chi connectivity index (χ1) is 10.4. The maximum Gasteiger partial charge on any atom is 0.211 e. The number of nitrogens with one attached hydrogen (secondary N) is 1. The number of hydrogen-bond donors (Lipinski definition) is 2. The van der Waals surface area contributed by atoms with E-state index in [0.29, 0.717) is 31.7 Å². The highest BCUT2D eigenvalue weighted by atomic mass is 32.2. The second-order valence-electron chi connectivity index (χ2n) is 5.55. The fraction of sp³-hybridized carbons (Fsp3) is 0.833. The van der Waals surface area contributed by atoms with Gasteiger partial charge in [-0.05, 0) is 19.8 Å². The van der Waals surface area contributed by atoms with Gasteiger partial charge in [0.25, 0.3) is 0 Å². The van der Waals surface area contributed by atoms with E-state index in [-0.39, 0.29) is 18.4 Å². The van der Waals surface area contributed by atoms with Crippen molar-refractivity contribution < 1.29 is 23.0 Å². The molecule has 2 bridgehead atoms. The molecule has 3 atom stereocenters. The molecule has 0 radical (unpaired) electrons. The molecule has 9 nitrogen and oxygen atoms in total. The van der Waals surface area contributed by atoms with Gasteiger partial charge in [0.2, 0.25) is 10.0 Å². The molecule has 0 amide bonds. The molecule has 2 saturated heterocycles. The van der Waals surface area contributed by atoms with E-state index in [2.05, 4.69) is 15.0 Å². The van der Waals surface area contributed by atoms with Crippen LogP contribution in [0.4, 0.5) is 0 Å². The maximum atomic E-state index is 11.4. The van der Waals surface area contributed by atoms with E-state index in [1.807, 2.05) is 0 Å². The number of rotatable bonds is 6. The lowest BCUT2D eigenvalue weighted by molar-refractivity contribution is -0.219. The molecule has 2 aliphatic heterocycles. The minimum absolute atomic E-state index is 0.0346. The fourth-order valence-electron chi connectivity index (χ4n) is 2.62. The normalized spacial score (nSPS) is 31.5. The lowest BCUT2D eigenvalue weighted by Gasteiger charge is -2.34. The molecule has 3 heterocycles. The van der Waals surface area contributed by atoms with E-state index in [1.54, 1.807) is 13.1 Å². The summed E-state index contributed by atoms with van der Waals surface area (Å²) in [7, 11) is -3.22. The molecule has 0 aromatic carbocycles. The van der Waals surface area contributed by atoms with E-state index in [9.17, 15) is 13.5 Å². The molecular weight excluding hydrogens is 312 g/mol. The van der Waals surface area contributed by atoms with Crippen LogP contribution in [0.3, 0.4) is 0 Å². The average Bonchev–Trinajstić information content (AvgIpc) is 3.12. The molecule has 2 N–H and O–H groups in total. The number of sulfonamides is 1. The van der Waals surface area contributed by atoms with Gasteiger partial charge in [-0.1, -0.05) is 5.21 Å². The van der Waals surface area contributed by atoms with Crippen LogP contribution in [-0.2, 0) is 31.6 Å². The number of nitrogens with zero attached hydrogens (tertiary/aromatic N) is 3. The predicted octanol–water partition coefficient (Wildman–Crippen LogP) is -1.06. The zero-order valence-corrected chi connectivity index (χ0v) is 13.1. The Morgan fingerprint density at radius 2 is 2.41 bits per heavy atom. The zero-order valence-electron chi connectivity index (χ0n) is 12.3. The molecule has 0 spiro atoms. The summed E-state index contributed by atoms with van der Waals surface area (Å²) in [6.45, 7) is 2.61. The van der Waals surface area contributed by atoms with Gasteiger partial charge in [0, 0.05) is 6.54 Å². The van der Waals surface area contributed by atoms with Crippen molar-refractivity contribution in [1.82, 2.24) is 19.7 Å². The SMILES string of the molecule is CCS(=O)(=O)NCCn1cc(C2(O)CC[C@H]3CO[C@@H]2O3)nn1. The highest BCUT2D eigenvalue weighted by Crippen LogP contribution is 2.40. The van der Waals surface area contributed by atoms with E-state index >= 15 is 0 Å². The molecule has 2 fully saturated rings. The van der Waals surface area contributed by atoms with Gasteiger partial charge in [-0.2, -0.15) is 0 Å². The van der Waals surface area contributed by atoms with Gasteiger partial charge in [-0.3, -0.25) is 4.68 Å². The number of fused-ring (bicyclic) bond motifs is 2. The quantitative estimate of drug-likeness (QED) is 0.682. The molecule has 1 aromatic rings. The summed E-state index contributed by atoms with van der Waals surface area (Å²) >= 11 is 0. The summed E-state index contributed by atoms with van der Waals surface area (Å²) in [5.41, 5.74) is -0.912. The molecule has 0 aliphatic carbocycles. The van der Waals surface area contributed by atoms with Crippen LogP contribution in [-0.4, -0.2) is 59.8 Å². The Labute approximate surface area is 128 Å². The van der Waals surface area contributed by atoms with E-state index in [0.717, 1.165) is 0 Å². The van der Waals surface area contributed by atoms with Crippen molar-refractivity contribution in [2.45, 2.75) is 44.3 Å². The summed E-state index contributed by atoms with van der Waals surface area (Å²) in [5, 5.41) is 18.7. The smallest absolute Gasteiger partial charge is 0.211 e. The van der Waals surface area contributed by atoms with Crippen molar-refractivity contribution in [1.29, 1.82) is 0 Å². The first kappa shape index (κ1) is 15.8. The molecular formula is C12H20N4O5S. The summed E-state index contributed by atoms with van der Waals surface area (Å²) in [4.78, 5) is 0. The Morgan fingerprint density at radius 1 is 1.59 bits per heavy atom. The Kier molecular flexibility index (Phi) is 4.21. The summed E-state index contributed by atoms with van der Waals surface area (Å²) < 4.78 is 37.7. The minimum Gasteiger partial charge on any atom is -0.378 e. The lowest BCUT2D eigenvalue weighted by atomic mass is 9.90. The molecule has 124 valence electrons. The van der Waals surface area contributed by atoms with Gasteiger partial charge < -0.3 is 14.6 Å². The van der Waals surface area contributed by atoms with Gasteiger partial charge in [0.15, 0.2) is 11.9 Å². The maximum absolute atomic E-state index is 11.4. The number of hydrogen-bond acceptors (Lipinski definition) is 7. The van der Waals surface area contributed by atoms with Gasteiger partial charge in [-0.15, -0.1) is 5.10 Å². The van der Waals surface area contributed by atoms with Crippen molar-refractivity contribution in [2.75, 3.05) is 18.9 Å². The standard InChI is InChI=1S/C12H20N4O5S/c1-2-22(18,19)13-5-6-16-7-10(14-15-16)12(17)4-3-9-8-20-11(12)21-9/h7,9,11,13,17H,2-6,8H2,1H3/t9-,11+,12?/m0/s1. The van der Waals surface area contributed by atoms with Crippen molar-refractivity contribution in [3.05, 3.63) is 11.9 Å². The zero-order chi connectivity index (χ0) is 15.8. The van der Waals surface area contributed by atoms with Gasteiger partial charge in [-0.25, -0.2) is 13.1 Å².